The number of pyridine rings is 1. The zero-order chi connectivity index (χ0) is 24.8. The topological polar surface area (TPSA) is 72.3 Å². The molecular weight excluding hydrogens is 497 g/mol. The van der Waals surface area contributed by atoms with Crippen LogP contribution in [0.3, 0.4) is 0 Å². The maximum Gasteiger partial charge on any atom is 0.223 e. The van der Waals surface area contributed by atoms with Gasteiger partial charge in [0.1, 0.15) is 5.82 Å². The van der Waals surface area contributed by atoms with Crippen LogP contribution in [0.4, 0.5) is 5.95 Å². The summed E-state index contributed by atoms with van der Waals surface area (Å²) in [7, 11) is 0. The molecule has 1 N–H and O–H groups in total. The second-order valence-electron chi connectivity index (χ2n) is 9.65. The van der Waals surface area contributed by atoms with Gasteiger partial charge in [0.15, 0.2) is 0 Å². The van der Waals surface area contributed by atoms with Crippen LogP contribution in [0, 0.1) is 12.8 Å². The van der Waals surface area contributed by atoms with Crippen molar-refractivity contribution in [3.8, 4) is 5.82 Å². The van der Waals surface area contributed by atoms with E-state index in [0.29, 0.717) is 16.7 Å². The Hall–Kier alpha value is -2.87. The number of aryl methyl sites for hydroxylation is 1. The van der Waals surface area contributed by atoms with Gasteiger partial charge in [-0.25, -0.2) is 9.97 Å². The van der Waals surface area contributed by atoms with Gasteiger partial charge < -0.3 is 15.0 Å². The Bertz CT molecular complexity index is 1460. The van der Waals surface area contributed by atoms with Crippen molar-refractivity contribution in [1.29, 1.82) is 0 Å². The minimum Gasteiger partial charge on any atom is -0.379 e. The molecule has 4 heterocycles. The second-order valence-corrected chi connectivity index (χ2v) is 10.5. The van der Waals surface area contributed by atoms with Crippen molar-refractivity contribution < 1.29 is 9.53 Å². The van der Waals surface area contributed by atoms with E-state index in [4.69, 9.17) is 37.9 Å². The number of carbonyl (C=O) groups is 1. The van der Waals surface area contributed by atoms with Gasteiger partial charge in [0, 0.05) is 31.0 Å². The number of anilines is 1. The van der Waals surface area contributed by atoms with Crippen molar-refractivity contribution in [1.82, 2.24) is 19.9 Å². The number of piperidine rings is 1. The molecule has 4 aromatic rings. The van der Waals surface area contributed by atoms with Crippen molar-refractivity contribution in [2.45, 2.75) is 32.2 Å². The predicted octanol–water partition coefficient (Wildman–Crippen LogP) is 5.31. The summed E-state index contributed by atoms with van der Waals surface area (Å²) >= 11 is 12.8. The number of nitrogens with zero attached hydrogens (tertiary/aromatic N) is 4. The Balaban J connectivity index is 1.35. The molecule has 0 saturated carbocycles. The van der Waals surface area contributed by atoms with Gasteiger partial charge in [0.2, 0.25) is 11.9 Å². The zero-order valence-corrected chi connectivity index (χ0v) is 21.5. The molecule has 0 radical (unpaired) electrons. The first kappa shape index (κ1) is 23.5. The smallest absolute Gasteiger partial charge is 0.223 e. The van der Waals surface area contributed by atoms with Gasteiger partial charge in [-0.3, -0.25) is 9.36 Å². The maximum absolute atomic E-state index is 12.8. The van der Waals surface area contributed by atoms with Gasteiger partial charge in [-0.1, -0.05) is 41.4 Å². The van der Waals surface area contributed by atoms with E-state index in [2.05, 4.69) is 33.8 Å². The van der Waals surface area contributed by atoms with Crippen LogP contribution in [0.5, 0.6) is 0 Å². The fourth-order valence-electron chi connectivity index (χ4n) is 5.25. The van der Waals surface area contributed by atoms with Crippen LogP contribution in [0.2, 0.25) is 10.0 Å². The number of hydrogen-bond acceptors (Lipinski definition) is 5. The molecule has 0 bridgehead atoms. The van der Waals surface area contributed by atoms with E-state index < -0.39 is 0 Å². The van der Waals surface area contributed by atoms with Crippen molar-refractivity contribution in [2.24, 2.45) is 5.92 Å². The number of para-hydroxylation sites is 1. The highest BCUT2D eigenvalue weighted by Gasteiger charge is 2.30. The molecule has 0 spiro atoms. The highest BCUT2D eigenvalue weighted by Crippen LogP contribution is 2.35. The lowest BCUT2D eigenvalue weighted by Crippen LogP contribution is -2.44. The molecule has 1 amide bonds. The van der Waals surface area contributed by atoms with Gasteiger partial charge in [0.05, 0.1) is 39.2 Å². The lowest BCUT2D eigenvalue weighted by molar-refractivity contribution is -0.126. The number of fused-ring (bicyclic) bond motifs is 2. The van der Waals surface area contributed by atoms with Crippen LogP contribution in [0.15, 0.2) is 42.5 Å². The molecule has 0 unspecified atom stereocenters. The monoisotopic (exact) mass is 523 g/mol. The number of hydrogen-bond donors (Lipinski definition) is 1. The molecule has 2 aromatic heterocycles. The molecule has 6 rings (SSSR count). The number of benzene rings is 2. The number of ether oxygens (including phenoxy) is 1. The van der Waals surface area contributed by atoms with Crippen LogP contribution in [0.1, 0.15) is 24.8 Å². The molecule has 2 aromatic carbocycles. The van der Waals surface area contributed by atoms with Crippen LogP contribution >= 0.6 is 23.2 Å². The van der Waals surface area contributed by atoms with Gasteiger partial charge in [-0.15, -0.1) is 0 Å². The van der Waals surface area contributed by atoms with Crippen LogP contribution in [-0.2, 0) is 9.53 Å². The van der Waals surface area contributed by atoms with E-state index in [-0.39, 0.29) is 17.9 Å². The number of imidazole rings is 1. The molecule has 2 aliphatic rings. The molecule has 7 nitrogen and oxygen atoms in total. The van der Waals surface area contributed by atoms with Crippen molar-refractivity contribution in [3.05, 3.63) is 58.1 Å². The van der Waals surface area contributed by atoms with Crippen LogP contribution < -0.4 is 10.2 Å². The normalized spacial score (nSPS) is 18.9. The molecule has 9 heteroatoms. The average molecular weight is 524 g/mol. The first-order valence-corrected chi connectivity index (χ1v) is 13.1. The molecular formula is C27H27Cl2N5O2. The summed E-state index contributed by atoms with van der Waals surface area (Å²) in [5.74, 6) is 1.69. The second kappa shape index (κ2) is 9.54. The first-order valence-electron chi connectivity index (χ1n) is 12.4. The quantitative estimate of drug-likeness (QED) is 0.392. The van der Waals surface area contributed by atoms with Gasteiger partial charge in [-0.2, -0.15) is 0 Å². The number of carbonyl (C=O) groups excluding carboxylic acids is 1. The Kier molecular flexibility index (Phi) is 6.23. The standard InChI is InChI=1S/C27H27Cl2N5O2/c1-16-12-25(31-22-5-3-2-4-19(16)22)34-24-14-21(29)20(28)13-23(24)32-27(34)33-9-6-17(7-10-33)26(35)30-18-8-11-36-15-18/h2-5,12-14,17-18H,6-11,15H2,1H3,(H,30,35)/t18-/m1/s1. The fourth-order valence-corrected chi connectivity index (χ4v) is 5.57. The van der Waals surface area contributed by atoms with Gasteiger partial charge >= 0.3 is 0 Å². The molecule has 36 heavy (non-hydrogen) atoms. The molecule has 1 atom stereocenters. The van der Waals surface area contributed by atoms with E-state index in [1.807, 2.05) is 24.3 Å². The molecule has 2 fully saturated rings. The Morgan fingerprint density at radius 3 is 2.58 bits per heavy atom. The number of halogens is 2. The maximum atomic E-state index is 12.8. The lowest BCUT2D eigenvalue weighted by Gasteiger charge is -2.32. The lowest BCUT2D eigenvalue weighted by atomic mass is 9.95. The minimum atomic E-state index is -0.00962. The summed E-state index contributed by atoms with van der Waals surface area (Å²) in [5, 5.41) is 5.21. The number of nitrogens with one attached hydrogen (secondary N) is 1. The van der Waals surface area contributed by atoms with E-state index in [1.54, 1.807) is 6.07 Å². The van der Waals surface area contributed by atoms with E-state index >= 15 is 0 Å². The number of aromatic nitrogens is 3. The Morgan fingerprint density at radius 2 is 1.81 bits per heavy atom. The van der Waals surface area contributed by atoms with Crippen molar-refractivity contribution in [2.75, 3.05) is 31.2 Å². The Morgan fingerprint density at radius 1 is 1.03 bits per heavy atom. The third-order valence-electron chi connectivity index (χ3n) is 7.24. The predicted molar refractivity (Wildman–Crippen MR) is 143 cm³/mol. The molecule has 0 aliphatic carbocycles. The highest BCUT2D eigenvalue weighted by atomic mass is 35.5. The van der Waals surface area contributed by atoms with Crippen LogP contribution in [0.25, 0.3) is 27.8 Å². The average Bonchev–Trinajstić information content (AvgIpc) is 3.52. The SMILES string of the molecule is Cc1cc(-n2c(N3CCC(C(=O)N[C@@H]4CCOC4)CC3)nc3cc(Cl)c(Cl)cc32)nc2ccccc12. The summed E-state index contributed by atoms with van der Waals surface area (Å²) < 4.78 is 7.46. The fraction of sp³-hybridized carbons (Fsp3) is 0.370. The largest absolute Gasteiger partial charge is 0.379 e. The molecule has 186 valence electrons. The third-order valence-corrected chi connectivity index (χ3v) is 7.96. The minimum absolute atomic E-state index is 0.00962. The summed E-state index contributed by atoms with van der Waals surface area (Å²) in [4.78, 5) is 25.0. The first-order chi connectivity index (χ1) is 17.5. The molecule has 2 aliphatic heterocycles. The van der Waals surface area contributed by atoms with Crippen molar-refractivity contribution >= 4 is 57.0 Å². The number of rotatable bonds is 4. The number of amides is 1. The van der Waals surface area contributed by atoms with Crippen molar-refractivity contribution in [3.63, 3.8) is 0 Å². The highest BCUT2D eigenvalue weighted by molar-refractivity contribution is 6.42. The molecule has 2 saturated heterocycles. The summed E-state index contributed by atoms with van der Waals surface area (Å²) in [6.45, 7) is 4.86. The van der Waals surface area contributed by atoms with Crippen LogP contribution in [-0.4, -0.2) is 52.8 Å². The summed E-state index contributed by atoms with van der Waals surface area (Å²) in [5.41, 5.74) is 3.66. The Labute approximate surface area is 219 Å². The van der Waals surface area contributed by atoms with E-state index in [9.17, 15) is 4.79 Å². The summed E-state index contributed by atoms with van der Waals surface area (Å²) in [6.07, 6.45) is 2.40. The van der Waals surface area contributed by atoms with E-state index in [1.165, 1.54) is 0 Å². The third kappa shape index (κ3) is 4.29. The van der Waals surface area contributed by atoms with E-state index in [0.717, 1.165) is 78.2 Å². The zero-order valence-electron chi connectivity index (χ0n) is 20.0. The summed E-state index contributed by atoms with van der Waals surface area (Å²) in [6, 6.07) is 14.0. The van der Waals surface area contributed by atoms with Gasteiger partial charge in [0.25, 0.3) is 0 Å². The van der Waals surface area contributed by atoms with Gasteiger partial charge in [-0.05, 0) is 56.0 Å².